The monoisotopic (exact) mass is 442 g/mol. The predicted octanol–water partition coefficient (Wildman–Crippen LogP) is 4.18. The molecule has 1 aliphatic heterocycles. The molecule has 2 aromatic rings. The van der Waals surface area contributed by atoms with Crippen molar-refractivity contribution in [2.75, 3.05) is 12.3 Å². The van der Waals surface area contributed by atoms with Gasteiger partial charge in [0.25, 0.3) is 5.91 Å². The fraction of sp³-hybridized carbons (Fsp3) is 0.238. The van der Waals surface area contributed by atoms with E-state index in [-0.39, 0.29) is 18.9 Å². The highest BCUT2D eigenvalue weighted by Gasteiger charge is 2.22. The number of aliphatic imine (C=N–C) groups is 1. The van der Waals surface area contributed by atoms with Crippen LogP contribution >= 0.6 is 15.9 Å². The topological polar surface area (TPSA) is 93.9 Å². The lowest BCUT2D eigenvalue weighted by atomic mass is 10.1. The lowest BCUT2D eigenvalue weighted by molar-refractivity contribution is -0.187. The summed E-state index contributed by atoms with van der Waals surface area (Å²) in [7, 11) is 0. The van der Waals surface area contributed by atoms with Crippen molar-refractivity contribution in [1.82, 2.24) is 5.06 Å². The first kappa shape index (κ1) is 20.1. The molecular formula is C21H23BrN4O2. The minimum Gasteiger partial charge on any atom is -0.399 e. The molecule has 0 saturated carbocycles. The zero-order chi connectivity index (χ0) is 20.1. The summed E-state index contributed by atoms with van der Waals surface area (Å²) in [6.07, 6.45) is 2.88. The highest BCUT2D eigenvalue weighted by atomic mass is 79.9. The van der Waals surface area contributed by atoms with Crippen LogP contribution in [0.1, 0.15) is 30.9 Å². The van der Waals surface area contributed by atoms with Gasteiger partial charge in [-0.1, -0.05) is 41.1 Å². The van der Waals surface area contributed by atoms with Crippen LogP contribution in [0, 0.1) is 0 Å². The number of benzene rings is 2. The van der Waals surface area contributed by atoms with E-state index < -0.39 is 0 Å². The van der Waals surface area contributed by atoms with Crippen molar-refractivity contribution >= 4 is 45.1 Å². The van der Waals surface area contributed by atoms with Gasteiger partial charge >= 0.3 is 0 Å². The first-order valence-corrected chi connectivity index (χ1v) is 9.88. The molecule has 0 aromatic heterocycles. The maximum Gasteiger partial charge on any atom is 0.273 e. The molecule has 0 aliphatic carbocycles. The van der Waals surface area contributed by atoms with Crippen molar-refractivity contribution in [3.05, 3.63) is 63.6 Å². The molecular weight excluding hydrogens is 420 g/mol. The van der Waals surface area contributed by atoms with Gasteiger partial charge < -0.3 is 11.5 Å². The van der Waals surface area contributed by atoms with Crippen LogP contribution in [0.5, 0.6) is 0 Å². The Labute approximate surface area is 173 Å². The van der Waals surface area contributed by atoms with Crippen LogP contribution in [0.25, 0.3) is 6.08 Å². The second kappa shape index (κ2) is 9.03. The van der Waals surface area contributed by atoms with Crippen molar-refractivity contribution in [2.24, 2.45) is 10.7 Å². The molecule has 0 bridgehead atoms. The van der Waals surface area contributed by atoms with E-state index in [0.29, 0.717) is 23.6 Å². The van der Waals surface area contributed by atoms with E-state index in [2.05, 4.69) is 20.9 Å². The van der Waals surface area contributed by atoms with Crippen molar-refractivity contribution in [3.8, 4) is 0 Å². The van der Waals surface area contributed by atoms with Crippen LogP contribution in [-0.4, -0.2) is 23.4 Å². The zero-order valence-corrected chi connectivity index (χ0v) is 17.3. The van der Waals surface area contributed by atoms with Crippen LogP contribution in [0.4, 0.5) is 11.4 Å². The Morgan fingerprint density at radius 2 is 1.96 bits per heavy atom. The summed E-state index contributed by atoms with van der Waals surface area (Å²) in [5, 5.41) is 1.40. The fourth-order valence-corrected chi connectivity index (χ4v) is 3.20. The van der Waals surface area contributed by atoms with Gasteiger partial charge in [-0.3, -0.25) is 9.63 Å². The molecule has 3 rings (SSSR count). The molecule has 1 amide bonds. The van der Waals surface area contributed by atoms with Crippen LogP contribution in [0.3, 0.4) is 0 Å². The van der Waals surface area contributed by atoms with Crippen molar-refractivity contribution in [3.63, 3.8) is 0 Å². The average Bonchev–Trinajstić information content (AvgIpc) is 2.83. The minimum atomic E-state index is -0.203. The number of anilines is 1. The Hall–Kier alpha value is -2.64. The standard InChI is InChI=1S/C21H23BrN4O2/c1-2-9-26(28-13-14-3-7-18(23)8-4-14)21(27)16-10-15-5-6-17(22)12-19(15)25-20(24)11-16/h3-8,10,12H,2,9,11,13,23H2,1H3,(H2,24,25). The maximum absolute atomic E-state index is 13.1. The SMILES string of the molecule is CCCN(OCc1ccc(N)cc1)C(=O)C1=Cc2ccc(Br)cc2N=C(N)C1. The van der Waals surface area contributed by atoms with Gasteiger partial charge in [-0.15, -0.1) is 0 Å². The van der Waals surface area contributed by atoms with E-state index in [9.17, 15) is 4.79 Å². The normalized spacial score (nSPS) is 13.2. The highest BCUT2D eigenvalue weighted by Crippen LogP contribution is 2.30. The first-order valence-electron chi connectivity index (χ1n) is 9.08. The molecule has 0 saturated heterocycles. The van der Waals surface area contributed by atoms with Gasteiger partial charge in [0, 0.05) is 34.3 Å². The van der Waals surface area contributed by atoms with Crippen molar-refractivity contribution < 1.29 is 9.63 Å². The van der Waals surface area contributed by atoms with Crippen molar-refractivity contribution in [2.45, 2.75) is 26.4 Å². The second-order valence-electron chi connectivity index (χ2n) is 6.57. The van der Waals surface area contributed by atoms with Crippen LogP contribution in [-0.2, 0) is 16.2 Å². The van der Waals surface area contributed by atoms with Crippen LogP contribution in [0.2, 0.25) is 0 Å². The number of nitrogens with two attached hydrogens (primary N) is 2. The number of hydrogen-bond donors (Lipinski definition) is 2. The van der Waals surface area contributed by atoms with E-state index in [1.165, 1.54) is 5.06 Å². The number of amidine groups is 1. The summed E-state index contributed by atoms with van der Waals surface area (Å²) < 4.78 is 0.908. The number of nitrogens with zero attached hydrogens (tertiary/aromatic N) is 2. The average molecular weight is 443 g/mol. The van der Waals surface area contributed by atoms with E-state index in [0.717, 1.165) is 27.7 Å². The van der Waals surface area contributed by atoms with Gasteiger partial charge in [-0.2, -0.15) is 0 Å². The number of halogens is 1. The van der Waals surface area contributed by atoms with E-state index in [4.69, 9.17) is 16.3 Å². The number of nitrogen functional groups attached to an aromatic ring is 1. The van der Waals surface area contributed by atoms with Gasteiger partial charge in [0.15, 0.2) is 0 Å². The van der Waals surface area contributed by atoms with Gasteiger partial charge in [0.05, 0.1) is 5.69 Å². The summed E-state index contributed by atoms with van der Waals surface area (Å²) in [5.74, 6) is 0.192. The molecule has 1 aliphatic rings. The van der Waals surface area contributed by atoms with E-state index in [1.54, 1.807) is 0 Å². The number of carbonyl (C=O) groups is 1. The van der Waals surface area contributed by atoms with E-state index >= 15 is 0 Å². The number of fused-ring (bicyclic) bond motifs is 1. The second-order valence-corrected chi connectivity index (χ2v) is 7.49. The Kier molecular flexibility index (Phi) is 6.49. The Morgan fingerprint density at radius 3 is 2.68 bits per heavy atom. The molecule has 0 unspecified atom stereocenters. The lowest BCUT2D eigenvalue weighted by Gasteiger charge is -2.22. The molecule has 2 aromatic carbocycles. The lowest BCUT2D eigenvalue weighted by Crippen LogP contribution is -2.34. The molecule has 4 N–H and O–H groups in total. The number of hydroxylamine groups is 2. The van der Waals surface area contributed by atoms with E-state index in [1.807, 2.05) is 55.5 Å². The molecule has 0 radical (unpaired) electrons. The summed E-state index contributed by atoms with van der Waals surface area (Å²) >= 11 is 3.44. The minimum absolute atomic E-state index is 0.203. The Bertz CT molecular complexity index is 923. The van der Waals surface area contributed by atoms with Crippen LogP contribution in [0.15, 0.2) is 57.5 Å². The molecule has 0 spiro atoms. The number of amides is 1. The summed E-state index contributed by atoms with van der Waals surface area (Å²) in [6.45, 7) is 2.76. The first-order chi connectivity index (χ1) is 13.5. The van der Waals surface area contributed by atoms with Gasteiger partial charge in [0.1, 0.15) is 12.4 Å². The third-order valence-electron chi connectivity index (χ3n) is 4.25. The van der Waals surface area contributed by atoms with Crippen molar-refractivity contribution in [1.29, 1.82) is 0 Å². The summed E-state index contributed by atoms with van der Waals surface area (Å²) in [6, 6.07) is 13.1. The summed E-state index contributed by atoms with van der Waals surface area (Å²) in [5.41, 5.74) is 15.5. The highest BCUT2D eigenvalue weighted by molar-refractivity contribution is 9.10. The van der Waals surface area contributed by atoms with Gasteiger partial charge in [-0.25, -0.2) is 10.1 Å². The molecule has 6 nitrogen and oxygen atoms in total. The quantitative estimate of drug-likeness (QED) is 0.518. The maximum atomic E-state index is 13.1. The number of carbonyl (C=O) groups excluding carboxylic acids is 1. The largest absolute Gasteiger partial charge is 0.399 e. The smallest absolute Gasteiger partial charge is 0.273 e. The number of rotatable bonds is 6. The molecule has 7 heteroatoms. The predicted molar refractivity (Wildman–Crippen MR) is 116 cm³/mol. The Balaban J connectivity index is 1.81. The molecule has 28 heavy (non-hydrogen) atoms. The van der Waals surface area contributed by atoms with Crippen LogP contribution < -0.4 is 11.5 Å². The summed E-state index contributed by atoms with van der Waals surface area (Å²) in [4.78, 5) is 23.4. The molecule has 146 valence electrons. The number of hydrogen-bond acceptors (Lipinski definition) is 5. The third kappa shape index (κ3) is 4.99. The van der Waals surface area contributed by atoms with Gasteiger partial charge in [0.2, 0.25) is 0 Å². The molecule has 0 atom stereocenters. The fourth-order valence-electron chi connectivity index (χ4n) is 2.86. The Morgan fingerprint density at radius 1 is 1.21 bits per heavy atom. The van der Waals surface area contributed by atoms with Gasteiger partial charge in [-0.05, 0) is 42.3 Å². The molecule has 0 fully saturated rings. The zero-order valence-electron chi connectivity index (χ0n) is 15.7. The third-order valence-corrected chi connectivity index (χ3v) is 4.75. The molecule has 1 heterocycles.